The van der Waals surface area contributed by atoms with Gasteiger partial charge in [-0.2, -0.15) is 0 Å². The standard InChI is InChI=1S/C16H29N3O3S.ClH/c17-10-14(13-4-2-1-3-5-13)18-15(20)11-23-12-16(21)19-6-8-22-9-7-19;/h13-14H,1-12,17H2,(H,18,20);1H. The normalized spacial score (nSPS) is 20.1. The maximum atomic E-state index is 12.1. The second-order valence-electron chi connectivity index (χ2n) is 6.29. The number of amides is 2. The molecule has 140 valence electrons. The number of rotatable bonds is 7. The lowest BCUT2D eigenvalue weighted by Gasteiger charge is -2.30. The van der Waals surface area contributed by atoms with E-state index < -0.39 is 0 Å². The summed E-state index contributed by atoms with van der Waals surface area (Å²) in [7, 11) is 0. The van der Waals surface area contributed by atoms with Gasteiger partial charge in [0.15, 0.2) is 0 Å². The lowest BCUT2D eigenvalue weighted by molar-refractivity contribution is -0.132. The number of morpholine rings is 1. The third kappa shape index (κ3) is 7.17. The summed E-state index contributed by atoms with van der Waals surface area (Å²) in [6.07, 6.45) is 6.08. The summed E-state index contributed by atoms with van der Waals surface area (Å²) in [6.45, 7) is 3.02. The molecule has 6 nitrogen and oxygen atoms in total. The number of nitrogens with one attached hydrogen (secondary N) is 1. The fraction of sp³-hybridized carbons (Fsp3) is 0.875. The number of carbonyl (C=O) groups excluding carboxylic acids is 2. The van der Waals surface area contributed by atoms with Crippen molar-refractivity contribution in [1.82, 2.24) is 10.2 Å². The first-order chi connectivity index (χ1) is 11.2. The van der Waals surface area contributed by atoms with E-state index in [2.05, 4.69) is 5.32 Å². The number of thioether (sulfide) groups is 1. The van der Waals surface area contributed by atoms with E-state index in [1.165, 1.54) is 31.0 Å². The average molecular weight is 380 g/mol. The first-order valence-corrected chi connectivity index (χ1v) is 9.79. The van der Waals surface area contributed by atoms with E-state index in [0.717, 1.165) is 12.8 Å². The third-order valence-corrected chi connectivity index (χ3v) is 5.56. The van der Waals surface area contributed by atoms with Gasteiger partial charge in [-0.05, 0) is 18.8 Å². The minimum Gasteiger partial charge on any atom is -0.378 e. The molecule has 0 bridgehead atoms. The Kier molecular flexibility index (Phi) is 10.7. The molecular formula is C16H30ClN3O3S. The van der Waals surface area contributed by atoms with E-state index >= 15 is 0 Å². The predicted molar refractivity (Wildman–Crippen MR) is 99.5 cm³/mol. The van der Waals surface area contributed by atoms with Gasteiger partial charge < -0.3 is 20.7 Å². The van der Waals surface area contributed by atoms with Crippen LogP contribution in [0, 0.1) is 5.92 Å². The molecule has 1 atom stereocenters. The topological polar surface area (TPSA) is 84.7 Å². The highest BCUT2D eigenvalue weighted by molar-refractivity contribution is 8.00. The van der Waals surface area contributed by atoms with Gasteiger partial charge in [0.05, 0.1) is 24.7 Å². The van der Waals surface area contributed by atoms with Gasteiger partial charge in [0.2, 0.25) is 11.8 Å². The summed E-state index contributed by atoms with van der Waals surface area (Å²) in [4.78, 5) is 25.9. The quantitative estimate of drug-likeness (QED) is 0.690. The van der Waals surface area contributed by atoms with Crippen LogP contribution in [0.25, 0.3) is 0 Å². The maximum Gasteiger partial charge on any atom is 0.232 e. The Hall–Kier alpha value is -0.500. The molecule has 0 aromatic carbocycles. The van der Waals surface area contributed by atoms with Gasteiger partial charge in [0.1, 0.15) is 0 Å². The zero-order chi connectivity index (χ0) is 16.5. The Labute approximate surface area is 155 Å². The van der Waals surface area contributed by atoms with Gasteiger partial charge >= 0.3 is 0 Å². The summed E-state index contributed by atoms with van der Waals surface area (Å²) >= 11 is 1.38. The van der Waals surface area contributed by atoms with Crippen LogP contribution in [0.2, 0.25) is 0 Å². The Morgan fingerprint density at radius 3 is 2.46 bits per heavy atom. The van der Waals surface area contributed by atoms with E-state index in [1.54, 1.807) is 4.90 Å². The van der Waals surface area contributed by atoms with Crippen molar-refractivity contribution in [2.45, 2.75) is 38.1 Å². The van der Waals surface area contributed by atoms with Gasteiger partial charge in [0.25, 0.3) is 0 Å². The minimum atomic E-state index is -0.00852. The highest BCUT2D eigenvalue weighted by Gasteiger charge is 2.24. The van der Waals surface area contributed by atoms with Crippen LogP contribution < -0.4 is 11.1 Å². The smallest absolute Gasteiger partial charge is 0.232 e. The predicted octanol–water partition coefficient (Wildman–Crippen LogP) is 1.02. The SMILES string of the molecule is Cl.NCC(NC(=O)CSCC(=O)N1CCOCC1)C1CCCCC1. The summed E-state index contributed by atoms with van der Waals surface area (Å²) in [6, 6.07) is 0.0818. The summed E-state index contributed by atoms with van der Waals surface area (Å²) in [5.41, 5.74) is 5.83. The summed E-state index contributed by atoms with van der Waals surface area (Å²) in [5, 5.41) is 3.06. The van der Waals surface area contributed by atoms with E-state index in [4.69, 9.17) is 10.5 Å². The van der Waals surface area contributed by atoms with Gasteiger partial charge in [-0.1, -0.05) is 19.3 Å². The molecule has 2 rings (SSSR count). The highest BCUT2D eigenvalue weighted by atomic mass is 35.5. The van der Waals surface area contributed by atoms with Gasteiger partial charge in [-0.3, -0.25) is 9.59 Å². The molecule has 1 aliphatic carbocycles. The van der Waals surface area contributed by atoms with E-state index in [0.29, 0.717) is 50.3 Å². The first-order valence-electron chi connectivity index (χ1n) is 8.63. The molecule has 1 aliphatic heterocycles. The van der Waals surface area contributed by atoms with Crippen molar-refractivity contribution in [3.63, 3.8) is 0 Å². The maximum absolute atomic E-state index is 12.1. The lowest BCUT2D eigenvalue weighted by atomic mass is 9.84. The molecule has 3 N–H and O–H groups in total. The zero-order valence-electron chi connectivity index (χ0n) is 14.2. The van der Waals surface area contributed by atoms with Crippen LogP contribution in [0.4, 0.5) is 0 Å². The molecule has 2 amide bonds. The second kappa shape index (κ2) is 12.0. The monoisotopic (exact) mass is 379 g/mol. The Morgan fingerprint density at radius 1 is 1.17 bits per heavy atom. The molecule has 1 saturated heterocycles. The van der Waals surface area contributed by atoms with Crippen LogP contribution in [0.1, 0.15) is 32.1 Å². The van der Waals surface area contributed by atoms with Crippen LogP contribution in [0.5, 0.6) is 0 Å². The summed E-state index contributed by atoms with van der Waals surface area (Å²) in [5.74, 6) is 1.26. The molecule has 8 heteroatoms. The molecule has 0 radical (unpaired) electrons. The van der Waals surface area contributed by atoms with Gasteiger partial charge in [-0.15, -0.1) is 24.2 Å². The molecular weight excluding hydrogens is 350 g/mol. The molecule has 24 heavy (non-hydrogen) atoms. The lowest BCUT2D eigenvalue weighted by Crippen LogP contribution is -2.46. The number of hydrogen-bond donors (Lipinski definition) is 2. The van der Waals surface area contributed by atoms with Crippen molar-refractivity contribution in [2.24, 2.45) is 11.7 Å². The molecule has 2 aliphatic rings. The van der Waals surface area contributed by atoms with Crippen molar-refractivity contribution in [3.8, 4) is 0 Å². The third-order valence-electron chi connectivity index (χ3n) is 4.64. The Bertz CT molecular complexity index is 389. The van der Waals surface area contributed by atoms with Gasteiger partial charge in [-0.25, -0.2) is 0 Å². The van der Waals surface area contributed by atoms with Crippen molar-refractivity contribution >= 4 is 36.0 Å². The fourth-order valence-corrected chi connectivity index (χ4v) is 4.02. The highest BCUT2D eigenvalue weighted by Crippen LogP contribution is 2.26. The summed E-state index contributed by atoms with van der Waals surface area (Å²) < 4.78 is 5.23. The number of carbonyl (C=O) groups is 2. The van der Waals surface area contributed by atoms with Crippen molar-refractivity contribution in [2.75, 3.05) is 44.4 Å². The molecule has 1 saturated carbocycles. The molecule has 0 aromatic heterocycles. The van der Waals surface area contributed by atoms with Crippen molar-refractivity contribution in [3.05, 3.63) is 0 Å². The van der Waals surface area contributed by atoms with Crippen LogP contribution in [-0.4, -0.2) is 67.1 Å². The number of nitrogens with two attached hydrogens (primary N) is 1. The first kappa shape index (κ1) is 21.5. The average Bonchev–Trinajstić information content (AvgIpc) is 2.61. The van der Waals surface area contributed by atoms with E-state index in [1.807, 2.05) is 0 Å². The number of hydrogen-bond acceptors (Lipinski definition) is 5. The largest absolute Gasteiger partial charge is 0.378 e. The van der Waals surface area contributed by atoms with Gasteiger partial charge in [0, 0.05) is 25.7 Å². The Balaban J connectivity index is 0.00000288. The molecule has 2 fully saturated rings. The van der Waals surface area contributed by atoms with Crippen LogP contribution in [0.3, 0.4) is 0 Å². The molecule has 1 heterocycles. The minimum absolute atomic E-state index is 0. The number of halogens is 1. The van der Waals surface area contributed by atoms with Crippen molar-refractivity contribution < 1.29 is 14.3 Å². The van der Waals surface area contributed by atoms with Crippen LogP contribution >= 0.6 is 24.2 Å². The van der Waals surface area contributed by atoms with Crippen LogP contribution in [0.15, 0.2) is 0 Å². The zero-order valence-corrected chi connectivity index (χ0v) is 15.8. The molecule has 1 unspecified atom stereocenters. The molecule has 0 spiro atoms. The number of nitrogens with zero attached hydrogens (tertiary/aromatic N) is 1. The van der Waals surface area contributed by atoms with Crippen LogP contribution in [-0.2, 0) is 14.3 Å². The Morgan fingerprint density at radius 2 is 1.83 bits per heavy atom. The fourth-order valence-electron chi connectivity index (χ4n) is 3.29. The number of ether oxygens (including phenoxy) is 1. The van der Waals surface area contributed by atoms with E-state index in [9.17, 15) is 9.59 Å². The molecule has 0 aromatic rings. The van der Waals surface area contributed by atoms with Crippen molar-refractivity contribution in [1.29, 1.82) is 0 Å². The van der Waals surface area contributed by atoms with E-state index in [-0.39, 0.29) is 30.3 Å². The second-order valence-corrected chi connectivity index (χ2v) is 7.28.